The van der Waals surface area contributed by atoms with Gasteiger partial charge in [-0.05, 0) is 31.7 Å². The Morgan fingerprint density at radius 3 is 2.60 bits per heavy atom. The Morgan fingerprint density at radius 1 is 1.24 bits per heavy atom. The molecule has 5 heteroatoms. The second kappa shape index (κ2) is 7.05. The number of rotatable bonds is 5. The maximum Gasteiger partial charge on any atom is 0.341 e. The zero-order valence-corrected chi connectivity index (χ0v) is 15.1. The van der Waals surface area contributed by atoms with Crippen LogP contribution in [-0.2, 0) is 11.2 Å². The second-order valence-corrected chi connectivity index (χ2v) is 6.50. The average Bonchev–Trinajstić information content (AvgIpc) is 2.94. The molecule has 0 atom stereocenters. The lowest BCUT2D eigenvalue weighted by Gasteiger charge is -2.07. The highest BCUT2D eigenvalue weighted by Crippen LogP contribution is 2.30. The molecule has 0 bridgehead atoms. The average molecular weight is 337 g/mol. The molecule has 0 saturated carbocycles. The van der Waals surface area contributed by atoms with Gasteiger partial charge in [0.2, 0.25) is 0 Å². The number of aromatic nitrogens is 3. The van der Waals surface area contributed by atoms with Gasteiger partial charge in [-0.1, -0.05) is 44.2 Å². The summed E-state index contributed by atoms with van der Waals surface area (Å²) in [6.07, 6.45) is 2.44. The Hall–Kier alpha value is -2.69. The van der Waals surface area contributed by atoms with E-state index >= 15 is 0 Å². The fourth-order valence-electron chi connectivity index (χ4n) is 2.98. The summed E-state index contributed by atoms with van der Waals surface area (Å²) in [5.41, 5.74) is 5.09. The number of carbonyl (C=O) groups is 1. The van der Waals surface area contributed by atoms with E-state index in [1.165, 1.54) is 0 Å². The topological polar surface area (TPSA) is 56.5 Å². The fraction of sp³-hybridized carbons (Fsp3) is 0.350. The van der Waals surface area contributed by atoms with Crippen molar-refractivity contribution in [2.45, 2.75) is 34.1 Å². The third kappa shape index (κ3) is 3.27. The van der Waals surface area contributed by atoms with E-state index < -0.39 is 0 Å². The fourth-order valence-corrected chi connectivity index (χ4v) is 2.98. The van der Waals surface area contributed by atoms with Gasteiger partial charge in [0.15, 0.2) is 5.65 Å². The van der Waals surface area contributed by atoms with Crippen molar-refractivity contribution >= 4 is 11.6 Å². The molecule has 5 nitrogen and oxygen atoms in total. The molecule has 0 radical (unpaired) electrons. The molecule has 0 saturated heterocycles. The molecule has 0 aliphatic rings. The van der Waals surface area contributed by atoms with Crippen molar-refractivity contribution < 1.29 is 9.53 Å². The Labute approximate surface area is 147 Å². The summed E-state index contributed by atoms with van der Waals surface area (Å²) < 4.78 is 6.89. The number of hydrogen-bond acceptors (Lipinski definition) is 4. The minimum atomic E-state index is -0.364. The van der Waals surface area contributed by atoms with Gasteiger partial charge in [0.05, 0.1) is 23.6 Å². The molecule has 0 spiro atoms. The first-order valence-corrected chi connectivity index (χ1v) is 8.62. The predicted octanol–water partition coefficient (Wildman–Crippen LogP) is 4.08. The van der Waals surface area contributed by atoms with Crippen LogP contribution in [0.5, 0.6) is 0 Å². The Balaban J connectivity index is 2.23. The highest BCUT2D eigenvalue weighted by Gasteiger charge is 2.21. The number of carbonyl (C=O) groups excluding carboxylic acids is 1. The van der Waals surface area contributed by atoms with Gasteiger partial charge < -0.3 is 4.74 Å². The van der Waals surface area contributed by atoms with Crippen LogP contribution in [0, 0.1) is 12.8 Å². The van der Waals surface area contributed by atoms with Crippen molar-refractivity contribution in [1.82, 2.24) is 14.6 Å². The van der Waals surface area contributed by atoms with E-state index in [2.05, 4.69) is 31.0 Å². The zero-order chi connectivity index (χ0) is 18.0. The van der Waals surface area contributed by atoms with E-state index in [9.17, 15) is 4.79 Å². The van der Waals surface area contributed by atoms with Gasteiger partial charge in [-0.15, -0.1) is 0 Å². The molecule has 0 aliphatic carbocycles. The van der Waals surface area contributed by atoms with Crippen molar-refractivity contribution in [2.24, 2.45) is 5.92 Å². The largest absolute Gasteiger partial charge is 0.462 e. The molecule has 1 aromatic carbocycles. The monoisotopic (exact) mass is 337 g/mol. The third-order valence-corrected chi connectivity index (χ3v) is 4.12. The summed E-state index contributed by atoms with van der Waals surface area (Å²) in [5.74, 6) is 0.105. The first-order chi connectivity index (χ1) is 12.0. The molecule has 0 aliphatic heterocycles. The molecule has 2 heterocycles. The van der Waals surface area contributed by atoms with E-state index in [1.807, 2.05) is 25.1 Å². The first-order valence-electron chi connectivity index (χ1n) is 8.62. The van der Waals surface area contributed by atoms with Crippen molar-refractivity contribution in [2.75, 3.05) is 6.61 Å². The van der Waals surface area contributed by atoms with Crippen LogP contribution in [0.15, 0.2) is 36.5 Å². The first kappa shape index (κ1) is 17.1. The van der Waals surface area contributed by atoms with Gasteiger partial charge in [0.25, 0.3) is 0 Å². The number of fused-ring (bicyclic) bond motifs is 1. The number of aryl methyl sites for hydroxylation is 1. The molecule has 3 aromatic rings. The second-order valence-electron chi connectivity index (χ2n) is 6.50. The van der Waals surface area contributed by atoms with Gasteiger partial charge in [0, 0.05) is 11.8 Å². The van der Waals surface area contributed by atoms with E-state index in [0.717, 1.165) is 34.6 Å². The molecule has 130 valence electrons. The lowest BCUT2D eigenvalue weighted by Crippen LogP contribution is -2.11. The lowest BCUT2D eigenvalue weighted by atomic mass is 10.00. The van der Waals surface area contributed by atoms with Crippen LogP contribution in [0.3, 0.4) is 0 Å². The number of hydrogen-bond donors (Lipinski definition) is 0. The van der Waals surface area contributed by atoms with Crippen molar-refractivity contribution in [3.8, 4) is 11.1 Å². The minimum Gasteiger partial charge on any atom is -0.462 e. The van der Waals surface area contributed by atoms with Gasteiger partial charge in [-0.3, -0.25) is 0 Å². The minimum absolute atomic E-state index is 0.337. The van der Waals surface area contributed by atoms with Gasteiger partial charge in [-0.25, -0.2) is 14.3 Å². The van der Waals surface area contributed by atoms with Crippen LogP contribution in [0.4, 0.5) is 0 Å². The van der Waals surface area contributed by atoms with Gasteiger partial charge in [0.1, 0.15) is 0 Å². The molecule has 0 N–H and O–H groups in total. The maximum atomic E-state index is 12.1. The summed E-state index contributed by atoms with van der Waals surface area (Å²) in [4.78, 5) is 16.7. The number of benzene rings is 1. The summed E-state index contributed by atoms with van der Waals surface area (Å²) in [6.45, 7) is 8.35. The lowest BCUT2D eigenvalue weighted by molar-refractivity contribution is 0.0524. The van der Waals surface area contributed by atoms with Crippen LogP contribution in [-0.4, -0.2) is 27.2 Å². The maximum absolute atomic E-state index is 12.1. The van der Waals surface area contributed by atoms with E-state index in [0.29, 0.717) is 18.1 Å². The van der Waals surface area contributed by atoms with Crippen LogP contribution in [0.25, 0.3) is 16.8 Å². The normalized spacial score (nSPS) is 11.2. The molecular formula is C20H23N3O2. The van der Waals surface area contributed by atoms with Crippen molar-refractivity contribution in [3.63, 3.8) is 0 Å². The van der Waals surface area contributed by atoms with Crippen LogP contribution >= 0.6 is 0 Å². The molecule has 2 aromatic heterocycles. The third-order valence-electron chi connectivity index (χ3n) is 4.12. The van der Waals surface area contributed by atoms with Gasteiger partial charge in [-0.2, -0.15) is 5.10 Å². The summed E-state index contributed by atoms with van der Waals surface area (Å²) in [7, 11) is 0. The number of nitrogens with zero attached hydrogens (tertiary/aromatic N) is 3. The van der Waals surface area contributed by atoms with Crippen LogP contribution in [0.2, 0.25) is 0 Å². The summed E-state index contributed by atoms with van der Waals surface area (Å²) in [5, 5.41) is 4.78. The predicted molar refractivity (Wildman–Crippen MR) is 97.7 cm³/mol. The standard InChI is InChI=1S/C20H23N3O2/c1-5-25-20(24)16-12-21-19-18(15-9-7-6-8-10-15)17(11-13(2)3)22-23(19)14(16)4/h6-10,12-13H,5,11H2,1-4H3. The molecule has 0 fully saturated rings. The number of esters is 1. The quantitative estimate of drug-likeness (QED) is 0.658. The van der Waals surface area contributed by atoms with E-state index in [4.69, 9.17) is 9.84 Å². The molecular weight excluding hydrogens is 314 g/mol. The van der Waals surface area contributed by atoms with Gasteiger partial charge >= 0.3 is 5.97 Å². The molecule has 0 amide bonds. The molecule has 25 heavy (non-hydrogen) atoms. The van der Waals surface area contributed by atoms with E-state index in [-0.39, 0.29) is 5.97 Å². The zero-order valence-electron chi connectivity index (χ0n) is 15.1. The Kier molecular flexibility index (Phi) is 4.83. The Morgan fingerprint density at radius 2 is 1.96 bits per heavy atom. The van der Waals surface area contributed by atoms with Crippen LogP contribution < -0.4 is 0 Å². The summed E-state index contributed by atoms with van der Waals surface area (Å²) >= 11 is 0. The van der Waals surface area contributed by atoms with E-state index in [1.54, 1.807) is 17.6 Å². The van der Waals surface area contributed by atoms with Crippen molar-refractivity contribution in [1.29, 1.82) is 0 Å². The SMILES string of the molecule is CCOC(=O)c1cnc2c(-c3ccccc3)c(CC(C)C)nn2c1C. The molecule has 0 unspecified atom stereocenters. The highest BCUT2D eigenvalue weighted by molar-refractivity contribution is 5.91. The smallest absolute Gasteiger partial charge is 0.341 e. The molecule has 3 rings (SSSR count). The van der Waals surface area contributed by atoms with Crippen LogP contribution in [0.1, 0.15) is 42.5 Å². The number of ether oxygens (including phenoxy) is 1. The summed E-state index contributed by atoms with van der Waals surface area (Å²) in [6, 6.07) is 10.2. The highest BCUT2D eigenvalue weighted by atomic mass is 16.5. The van der Waals surface area contributed by atoms with Crippen molar-refractivity contribution in [3.05, 3.63) is 53.5 Å². The Bertz CT molecular complexity index is 898.